The predicted molar refractivity (Wildman–Crippen MR) is 105 cm³/mol. The Morgan fingerprint density at radius 1 is 1.32 bits per heavy atom. The van der Waals surface area contributed by atoms with E-state index in [1.54, 1.807) is 18.2 Å². The van der Waals surface area contributed by atoms with Gasteiger partial charge in [0, 0.05) is 14.3 Å². The molecule has 25 heavy (non-hydrogen) atoms. The van der Waals surface area contributed by atoms with Gasteiger partial charge in [0.15, 0.2) is 0 Å². The number of carbonyl (C=O) groups excluding carboxylic acids is 1. The lowest BCUT2D eigenvalue weighted by molar-refractivity contribution is -0.140. The Hall–Kier alpha value is -1.49. The number of halogens is 2. The Morgan fingerprint density at radius 2 is 2.04 bits per heavy atom. The van der Waals surface area contributed by atoms with Gasteiger partial charge in [-0.25, -0.2) is 4.79 Å². The maximum Gasteiger partial charge on any atom is 0.343 e. The lowest BCUT2D eigenvalue weighted by Gasteiger charge is -2.10. The summed E-state index contributed by atoms with van der Waals surface area (Å²) >= 11 is 12.7. The third kappa shape index (κ3) is 3.71. The Kier molecular flexibility index (Phi) is 5.14. The smallest absolute Gasteiger partial charge is 0.343 e. The number of rotatable bonds is 3. The lowest BCUT2D eigenvalue weighted by Crippen LogP contribution is -2.33. The van der Waals surface area contributed by atoms with Crippen LogP contribution in [0.1, 0.15) is 5.56 Å². The van der Waals surface area contributed by atoms with Crippen LogP contribution >= 0.6 is 55.8 Å². The van der Waals surface area contributed by atoms with Crippen LogP contribution in [0.3, 0.4) is 0 Å². The SMILES string of the molecule is O=C(O)CN1C(=O)/C(=C\c2cc3c(Br)cc(Br)cc3oc2=O)SC1=S. The minimum Gasteiger partial charge on any atom is -0.480 e. The minimum absolute atomic E-state index is 0.133. The van der Waals surface area contributed by atoms with Crippen molar-refractivity contribution in [3.63, 3.8) is 0 Å². The molecule has 6 nitrogen and oxygen atoms in total. The van der Waals surface area contributed by atoms with Gasteiger partial charge in [-0.2, -0.15) is 0 Å². The molecule has 0 aliphatic carbocycles. The molecule has 0 saturated carbocycles. The number of amides is 1. The maximum atomic E-state index is 12.3. The molecular formula is C15H7Br2NO5S2. The molecular weight excluding hydrogens is 498 g/mol. The summed E-state index contributed by atoms with van der Waals surface area (Å²) in [6.45, 7) is -0.520. The van der Waals surface area contributed by atoms with Gasteiger partial charge in [-0.1, -0.05) is 39.9 Å². The molecule has 1 fully saturated rings. The lowest BCUT2D eigenvalue weighted by atomic mass is 10.1. The second-order valence-electron chi connectivity index (χ2n) is 4.95. The fourth-order valence-corrected chi connectivity index (χ4v) is 4.72. The number of fused-ring (bicyclic) bond motifs is 1. The molecule has 1 N–H and O–H groups in total. The second kappa shape index (κ2) is 7.02. The van der Waals surface area contributed by atoms with E-state index in [9.17, 15) is 14.4 Å². The molecule has 0 unspecified atom stereocenters. The van der Waals surface area contributed by atoms with Gasteiger partial charge in [-0.3, -0.25) is 14.5 Å². The summed E-state index contributed by atoms with van der Waals surface area (Å²) in [5, 5.41) is 9.51. The van der Waals surface area contributed by atoms with Crippen molar-refractivity contribution < 1.29 is 19.1 Å². The first-order valence-corrected chi connectivity index (χ1v) is 9.47. The van der Waals surface area contributed by atoms with Crippen LogP contribution in [-0.2, 0) is 9.59 Å². The Labute approximate surface area is 167 Å². The Morgan fingerprint density at radius 3 is 2.72 bits per heavy atom. The van der Waals surface area contributed by atoms with Crippen LogP contribution in [0.2, 0.25) is 0 Å². The van der Waals surface area contributed by atoms with Gasteiger partial charge in [0.05, 0.1) is 10.5 Å². The van der Waals surface area contributed by atoms with Crippen molar-refractivity contribution in [1.82, 2.24) is 4.90 Å². The number of aliphatic carboxylic acids is 1. The molecule has 10 heteroatoms. The molecule has 1 aliphatic rings. The van der Waals surface area contributed by atoms with E-state index in [0.29, 0.717) is 15.4 Å². The van der Waals surface area contributed by atoms with Crippen molar-refractivity contribution in [2.24, 2.45) is 0 Å². The zero-order chi connectivity index (χ0) is 18.3. The molecule has 2 aromatic rings. The Bertz CT molecular complexity index is 1030. The topological polar surface area (TPSA) is 87.8 Å². The molecule has 1 amide bonds. The van der Waals surface area contributed by atoms with Gasteiger partial charge < -0.3 is 9.52 Å². The van der Waals surface area contributed by atoms with Crippen molar-refractivity contribution in [2.75, 3.05) is 6.54 Å². The van der Waals surface area contributed by atoms with Gasteiger partial charge >= 0.3 is 11.6 Å². The van der Waals surface area contributed by atoms with E-state index in [-0.39, 0.29) is 14.8 Å². The Balaban J connectivity index is 2.06. The molecule has 1 aromatic carbocycles. The quantitative estimate of drug-likeness (QED) is 0.388. The van der Waals surface area contributed by atoms with Gasteiger partial charge in [0.1, 0.15) is 16.4 Å². The highest BCUT2D eigenvalue weighted by molar-refractivity contribution is 9.11. The van der Waals surface area contributed by atoms with Crippen LogP contribution < -0.4 is 5.63 Å². The van der Waals surface area contributed by atoms with E-state index in [1.165, 1.54) is 6.08 Å². The minimum atomic E-state index is -1.17. The first-order chi connectivity index (χ1) is 11.8. The first-order valence-electron chi connectivity index (χ1n) is 6.66. The zero-order valence-electron chi connectivity index (χ0n) is 12.1. The number of hydrogen-bond acceptors (Lipinski definition) is 6. The average Bonchev–Trinajstić information content (AvgIpc) is 2.76. The monoisotopic (exact) mass is 503 g/mol. The summed E-state index contributed by atoms with van der Waals surface area (Å²) in [4.78, 5) is 36.4. The first kappa shape index (κ1) is 18.3. The van der Waals surface area contributed by atoms with Crippen molar-refractivity contribution in [3.05, 3.63) is 48.0 Å². The largest absolute Gasteiger partial charge is 0.480 e. The second-order valence-corrected chi connectivity index (χ2v) is 8.40. The predicted octanol–water partition coefficient (Wildman–Crippen LogP) is 3.60. The van der Waals surface area contributed by atoms with Crippen molar-refractivity contribution >= 4 is 89.1 Å². The highest BCUT2D eigenvalue weighted by Gasteiger charge is 2.33. The van der Waals surface area contributed by atoms with E-state index < -0.39 is 24.0 Å². The molecule has 128 valence electrons. The highest BCUT2D eigenvalue weighted by Crippen LogP contribution is 2.33. The van der Waals surface area contributed by atoms with E-state index in [4.69, 9.17) is 21.7 Å². The molecule has 0 spiro atoms. The summed E-state index contributed by atoms with van der Waals surface area (Å²) in [6, 6.07) is 5.07. The van der Waals surface area contributed by atoms with Crippen LogP contribution in [0.25, 0.3) is 17.0 Å². The van der Waals surface area contributed by atoms with Crippen LogP contribution in [-0.4, -0.2) is 32.7 Å². The summed E-state index contributed by atoms with van der Waals surface area (Å²) in [5.41, 5.74) is -0.0471. The number of thiocarbonyl (C=S) groups is 1. The van der Waals surface area contributed by atoms with E-state index in [1.807, 2.05) is 0 Å². The van der Waals surface area contributed by atoms with Gasteiger partial charge in [0.2, 0.25) is 0 Å². The maximum absolute atomic E-state index is 12.3. The average molecular weight is 505 g/mol. The van der Waals surface area contributed by atoms with Gasteiger partial charge in [-0.15, -0.1) is 0 Å². The number of carboxylic acid groups (broad SMARTS) is 1. The normalized spacial score (nSPS) is 16.2. The molecule has 1 saturated heterocycles. The molecule has 0 atom stereocenters. The van der Waals surface area contributed by atoms with Crippen LogP contribution in [0, 0.1) is 0 Å². The number of carbonyl (C=O) groups is 2. The van der Waals surface area contributed by atoms with Crippen LogP contribution in [0.4, 0.5) is 0 Å². The standard InChI is InChI=1S/C15H7Br2NO5S2/c16-7-3-9(17)8-1-6(14(22)23-10(8)4-7)2-11-13(21)18(5-12(19)20)15(24)25-11/h1-4H,5H2,(H,19,20)/b11-2+. The fraction of sp³-hybridized carbons (Fsp3) is 0.0667. The zero-order valence-corrected chi connectivity index (χ0v) is 16.9. The number of carboxylic acids is 1. The van der Waals surface area contributed by atoms with Crippen LogP contribution in [0.15, 0.2) is 41.3 Å². The van der Waals surface area contributed by atoms with E-state index in [2.05, 4.69) is 31.9 Å². The number of nitrogens with zero attached hydrogens (tertiary/aromatic N) is 1. The van der Waals surface area contributed by atoms with Gasteiger partial charge in [0.25, 0.3) is 5.91 Å². The molecule has 1 aliphatic heterocycles. The van der Waals surface area contributed by atoms with Crippen LogP contribution in [0.5, 0.6) is 0 Å². The number of benzene rings is 1. The number of thioether (sulfide) groups is 1. The molecule has 2 heterocycles. The third-order valence-electron chi connectivity index (χ3n) is 3.25. The fourth-order valence-electron chi connectivity index (χ4n) is 2.17. The summed E-state index contributed by atoms with van der Waals surface area (Å²) in [5.74, 6) is -1.72. The number of hydrogen-bond donors (Lipinski definition) is 1. The highest BCUT2D eigenvalue weighted by atomic mass is 79.9. The van der Waals surface area contributed by atoms with Crippen molar-refractivity contribution in [3.8, 4) is 0 Å². The van der Waals surface area contributed by atoms with E-state index in [0.717, 1.165) is 21.1 Å². The summed E-state index contributed by atoms with van der Waals surface area (Å²) in [6.07, 6.45) is 1.36. The summed E-state index contributed by atoms with van der Waals surface area (Å²) < 4.78 is 6.89. The van der Waals surface area contributed by atoms with Gasteiger partial charge in [-0.05, 0) is 40.2 Å². The molecule has 1 aromatic heterocycles. The van der Waals surface area contributed by atoms with E-state index >= 15 is 0 Å². The summed E-state index contributed by atoms with van der Waals surface area (Å²) in [7, 11) is 0. The molecule has 3 rings (SSSR count). The van der Waals surface area contributed by atoms with Crippen molar-refractivity contribution in [2.45, 2.75) is 0 Å². The molecule has 0 bridgehead atoms. The van der Waals surface area contributed by atoms with Crippen molar-refractivity contribution in [1.29, 1.82) is 0 Å². The molecule has 0 radical (unpaired) electrons. The third-order valence-corrected chi connectivity index (χ3v) is 5.74.